The Morgan fingerprint density at radius 1 is 1.14 bits per heavy atom. The first-order valence-electron chi connectivity index (χ1n) is 10.8. The molecule has 0 aliphatic carbocycles. The first-order chi connectivity index (χ1) is 17.2. The summed E-state index contributed by atoms with van der Waals surface area (Å²) in [7, 11) is 0. The fourth-order valence-corrected chi connectivity index (χ4v) is 3.95. The molecule has 3 aromatic carbocycles. The number of hydrogen-bond donors (Lipinski definition) is 2. The molecule has 3 rings (SSSR count). The van der Waals surface area contributed by atoms with Crippen molar-refractivity contribution >= 4 is 51.2 Å². The van der Waals surface area contributed by atoms with Crippen LogP contribution >= 0.6 is 27.5 Å². The summed E-state index contributed by atoms with van der Waals surface area (Å²) < 4.78 is 12.2. The molecule has 0 atom stereocenters. The molecule has 0 unspecified atom stereocenters. The molecule has 9 heteroatoms. The second-order valence-corrected chi connectivity index (χ2v) is 8.93. The molecule has 36 heavy (non-hydrogen) atoms. The summed E-state index contributed by atoms with van der Waals surface area (Å²) in [6, 6.07) is 16.8. The lowest BCUT2D eigenvalue weighted by molar-refractivity contribution is -0.112. The summed E-state index contributed by atoms with van der Waals surface area (Å²) in [6.07, 6.45) is 1.46. The molecule has 0 spiro atoms. The number of carboxylic acids is 1. The molecule has 0 aliphatic rings. The number of aromatic carboxylic acids is 1. The Hall–Kier alpha value is -3.80. The van der Waals surface area contributed by atoms with Crippen molar-refractivity contribution in [2.24, 2.45) is 0 Å². The van der Waals surface area contributed by atoms with Crippen LogP contribution < -0.4 is 14.8 Å². The first-order valence-corrected chi connectivity index (χ1v) is 12.0. The van der Waals surface area contributed by atoms with E-state index in [0.29, 0.717) is 38.9 Å². The van der Waals surface area contributed by atoms with Gasteiger partial charge in [-0.3, -0.25) is 4.79 Å². The molecule has 7 nitrogen and oxygen atoms in total. The van der Waals surface area contributed by atoms with Crippen molar-refractivity contribution in [3.8, 4) is 17.6 Å². The number of ether oxygens (including phenoxy) is 2. The van der Waals surface area contributed by atoms with Crippen LogP contribution in [0.5, 0.6) is 11.5 Å². The van der Waals surface area contributed by atoms with Gasteiger partial charge in [-0.15, -0.1) is 0 Å². The van der Waals surface area contributed by atoms with Crippen molar-refractivity contribution in [2.75, 3.05) is 11.9 Å². The highest BCUT2D eigenvalue weighted by atomic mass is 79.9. The maximum Gasteiger partial charge on any atom is 0.335 e. The van der Waals surface area contributed by atoms with Gasteiger partial charge in [-0.2, -0.15) is 5.26 Å². The molecule has 0 aromatic heterocycles. The average molecular weight is 570 g/mol. The van der Waals surface area contributed by atoms with Gasteiger partial charge in [0.2, 0.25) is 0 Å². The van der Waals surface area contributed by atoms with E-state index in [2.05, 4.69) is 21.2 Å². The number of rotatable bonds is 9. The van der Waals surface area contributed by atoms with Crippen molar-refractivity contribution in [3.63, 3.8) is 0 Å². The molecule has 0 aliphatic heterocycles. The molecule has 2 N–H and O–H groups in total. The molecular formula is C27H22BrClN2O5. The Bertz CT molecular complexity index is 1360. The van der Waals surface area contributed by atoms with Crippen LogP contribution in [0.4, 0.5) is 5.69 Å². The number of anilines is 1. The van der Waals surface area contributed by atoms with Gasteiger partial charge in [0, 0.05) is 10.7 Å². The molecule has 0 saturated heterocycles. The fraction of sp³-hybridized carbons (Fsp3) is 0.148. The van der Waals surface area contributed by atoms with Gasteiger partial charge in [-0.05, 0) is 88.9 Å². The van der Waals surface area contributed by atoms with Gasteiger partial charge in [0.1, 0.15) is 18.2 Å². The second kappa shape index (κ2) is 12.2. The Morgan fingerprint density at radius 3 is 2.50 bits per heavy atom. The van der Waals surface area contributed by atoms with Crippen LogP contribution in [-0.4, -0.2) is 23.6 Å². The normalized spacial score (nSPS) is 10.9. The number of amides is 1. The standard InChI is InChI=1S/C27H22BrClN2O5/c1-3-35-24-12-18(10-20(14-30)26(32)31-23-13-21(29)9-4-16(23)2)11-22(28)25(24)36-15-17-5-7-19(8-6-17)27(33)34/h4-13H,3,15H2,1-2H3,(H,31,32)(H,33,34)/b20-10+. The van der Waals surface area contributed by atoms with E-state index in [-0.39, 0.29) is 17.7 Å². The number of benzene rings is 3. The number of nitriles is 1. The summed E-state index contributed by atoms with van der Waals surface area (Å²) in [4.78, 5) is 23.8. The van der Waals surface area contributed by atoms with E-state index in [9.17, 15) is 14.9 Å². The number of hydrogen-bond acceptors (Lipinski definition) is 5. The predicted octanol–water partition coefficient (Wildman–Crippen LogP) is 6.63. The predicted molar refractivity (Wildman–Crippen MR) is 141 cm³/mol. The number of nitrogens with one attached hydrogen (secondary N) is 1. The van der Waals surface area contributed by atoms with Crippen molar-refractivity contribution < 1.29 is 24.2 Å². The van der Waals surface area contributed by atoms with Gasteiger partial charge in [0.25, 0.3) is 5.91 Å². The van der Waals surface area contributed by atoms with Crippen LogP contribution in [-0.2, 0) is 11.4 Å². The van der Waals surface area contributed by atoms with Gasteiger partial charge in [0.15, 0.2) is 11.5 Å². The summed E-state index contributed by atoms with van der Waals surface area (Å²) in [5.74, 6) is -0.708. The maximum absolute atomic E-state index is 12.8. The van der Waals surface area contributed by atoms with E-state index in [4.69, 9.17) is 26.2 Å². The third kappa shape index (κ3) is 6.87. The van der Waals surface area contributed by atoms with Crippen molar-refractivity contribution in [1.82, 2.24) is 0 Å². The number of aryl methyl sites for hydroxylation is 1. The zero-order valence-electron chi connectivity index (χ0n) is 19.5. The minimum Gasteiger partial charge on any atom is -0.490 e. The zero-order chi connectivity index (χ0) is 26.2. The summed E-state index contributed by atoms with van der Waals surface area (Å²) >= 11 is 9.50. The summed E-state index contributed by atoms with van der Waals surface area (Å²) in [5.41, 5.74) is 2.75. The van der Waals surface area contributed by atoms with Crippen LogP contribution in [0.2, 0.25) is 5.02 Å². The van der Waals surface area contributed by atoms with Gasteiger partial charge in [-0.1, -0.05) is 29.8 Å². The highest BCUT2D eigenvalue weighted by Gasteiger charge is 2.15. The highest BCUT2D eigenvalue weighted by Crippen LogP contribution is 2.38. The number of halogens is 2. The lowest BCUT2D eigenvalue weighted by atomic mass is 10.1. The maximum atomic E-state index is 12.8. The van der Waals surface area contributed by atoms with E-state index >= 15 is 0 Å². The lowest BCUT2D eigenvalue weighted by Gasteiger charge is -2.15. The van der Waals surface area contributed by atoms with Crippen LogP contribution in [0.25, 0.3) is 6.08 Å². The molecule has 0 bridgehead atoms. The molecular weight excluding hydrogens is 548 g/mol. The topological polar surface area (TPSA) is 109 Å². The fourth-order valence-electron chi connectivity index (χ4n) is 3.21. The zero-order valence-corrected chi connectivity index (χ0v) is 21.8. The van der Waals surface area contributed by atoms with Crippen LogP contribution in [0, 0.1) is 18.3 Å². The third-order valence-corrected chi connectivity index (χ3v) is 5.86. The van der Waals surface area contributed by atoms with E-state index in [1.54, 1.807) is 42.5 Å². The molecule has 0 heterocycles. The molecule has 3 aromatic rings. The lowest BCUT2D eigenvalue weighted by Crippen LogP contribution is -2.14. The smallest absolute Gasteiger partial charge is 0.335 e. The van der Waals surface area contributed by atoms with Crippen LogP contribution in [0.1, 0.15) is 34.0 Å². The monoisotopic (exact) mass is 568 g/mol. The average Bonchev–Trinajstić information content (AvgIpc) is 2.84. The van der Waals surface area contributed by atoms with Gasteiger partial charge in [0.05, 0.1) is 16.6 Å². The van der Waals surface area contributed by atoms with Crippen LogP contribution in [0.15, 0.2) is 64.6 Å². The molecule has 0 saturated carbocycles. The van der Waals surface area contributed by atoms with Crippen molar-refractivity contribution in [1.29, 1.82) is 5.26 Å². The SMILES string of the molecule is CCOc1cc(/C=C(\C#N)C(=O)Nc2cc(Cl)ccc2C)cc(Br)c1OCc1ccc(C(=O)O)cc1. The van der Waals surface area contributed by atoms with Gasteiger partial charge < -0.3 is 19.9 Å². The second-order valence-electron chi connectivity index (χ2n) is 7.64. The molecule has 0 fully saturated rings. The van der Waals surface area contributed by atoms with E-state index in [1.807, 2.05) is 19.9 Å². The molecule has 184 valence electrons. The van der Waals surface area contributed by atoms with Crippen LogP contribution in [0.3, 0.4) is 0 Å². The summed E-state index contributed by atoms with van der Waals surface area (Å²) in [5, 5.41) is 21.8. The first kappa shape index (κ1) is 26.8. The molecule has 0 radical (unpaired) electrons. The van der Waals surface area contributed by atoms with Gasteiger partial charge in [-0.25, -0.2) is 4.79 Å². The quantitative estimate of drug-likeness (QED) is 0.221. The highest BCUT2D eigenvalue weighted by molar-refractivity contribution is 9.10. The molecule has 1 amide bonds. The largest absolute Gasteiger partial charge is 0.490 e. The number of nitrogens with zero attached hydrogens (tertiary/aromatic N) is 1. The summed E-state index contributed by atoms with van der Waals surface area (Å²) in [6.45, 7) is 4.19. The van der Waals surface area contributed by atoms with E-state index in [0.717, 1.165) is 11.1 Å². The third-order valence-electron chi connectivity index (χ3n) is 5.04. The Balaban J connectivity index is 1.84. The number of carbonyl (C=O) groups is 2. The minimum atomic E-state index is -0.999. The van der Waals surface area contributed by atoms with E-state index in [1.165, 1.54) is 18.2 Å². The van der Waals surface area contributed by atoms with Crippen molar-refractivity contribution in [2.45, 2.75) is 20.5 Å². The van der Waals surface area contributed by atoms with Gasteiger partial charge >= 0.3 is 5.97 Å². The van der Waals surface area contributed by atoms with Crippen molar-refractivity contribution in [3.05, 3.63) is 91.9 Å². The number of carbonyl (C=O) groups excluding carboxylic acids is 1. The minimum absolute atomic E-state index is 0.101. The number of carboxylic acid groups (broad SMARTS) is 1. The van der Waals surface area contributed by atoms with E-state index < -0.39 is 11.9 Å². The Kier molecular flexibility index (Phi) is 9.12. The Labute approximate surface area is 222 Å². The Morgan fingerprint density at radius 2 is 1.86 bits per heavy atom.